The van der Waals surface area contributed by atoms with Gasteiger partial charge in [0.15, 0.2) is 0 Å². The Labute approximate surface area is 70.8 Å². The van der Waals surface area contributed by atoms with Crippen molar-refractivity contribution in [1.82, 2.24) is 5.09 Å². The number of methoxy groups -OCH3 is 1. The second kappa shape index (κ2) is 5.27. The number of rotatable bonds is 5. The SMILES string of the molecule is COC(=O)CNP(=O)(OC)OC. The smallest absolute Gasteiger partial charge is 0.405 e. The van der Waals surface area contributed by atoms with Crippen LogP contribution in [-0.4, -0.2) is 33.8 Å². The lowest BCUT2D eigenvalue weighted by Crippen LogP contribution is -2.22. The fourth-order valence-corrected chi connectivity index (χ4v) is 1.17. The van der Waals surface area contributed by atoms with Crippen LogP contribution in [0.5, 0.6) is 0 Å². The van der Waals surface area contributed by atoms with Crippen LogP contribution in [0.4, 0.5) is 0 Å². The molecule has 0 radical (unpaired) electrons. The lowest BCUT2D eigenvalue weighted by Gasteiger charge is -2.13. The number of hydrogen-bond donors (Lipinski definition) is 1. The van der Waals surface area contributed by atoms with Gasteiger partial charge in [-0.2, -0.15) is 0 Å². The Morgan fingerprint density at radius 1 is 1.33 bits per heavy atom. The van der Waals surface area contributed by atoms with Crippen molar-refractivity contribution in [1.29, 1.82) is 0 Å². The van der Waals surface area contributed by atoms with Gasteiger partial charge in [0.1, 0.15) is 6.54 Å². The molecule has 0 amide bonds. The van der Waals surface area contributed by atoms with E-state index in [1.54, 1.807) is 0 Å². The Morgan fingerprint density at radius 2 is 1.83 bits per heavy atom. The van der Waals surface area contributed by atoms with Crippen molar-refractivity contribution in [2.45, 2.75) is 0 Å². The average Bonchev–Trinajstić information content (AvgIpc) is 2.13. The normalized spacial score (nSPS) is 11.2. The van der Waals surface area contributed by atoms with Gasteiger partial charge in [-0.25, -0.2) is 9.65 Å². The first-order valence-electron chi connectivity index (χ1n) is 3.11. The van der Waals surface area contributed by atoms with Gasteiger partial charge in [-0.3, -0.25) is 4.79 Å². The summed E-state index contributed by atoms with van der Waals surface area (Å²) in [6, 6.07) is 0. The van der Waals surface area contributed by atoms with E-state index < -0.39 is 13.7 Å². The van der Waals surface area contributed by atoms with E-state index >= 15 is 0 Å². The molecule has 0 atom stereocenters. The van der Waals surface area contributed by atoms with Gasteiger partial charge in [-0.05, 0) is 0 Å². The van der Waals surface area contributed by atoms with Crippen LogP contribution < -0.4 is 5.09 Å². The van der Waals surface area contributed by atoms with Crippen LogP contribution in [-0.2, 0) is 23.1 Å². The Morgan fingerprint density at radius 3 is 2.17 bits per heavy atom. The Kier molecular flexibility index (Phi) is 5.08. The maximum absolute atomic E-state index is 11.2. The van der Waals surface area contributed by atoms with Crippen molar-refractivity contribution in [3.8, 4) is 0 Å². The molecule has 72 valence electrons. The van der Waals surface area contributed by atoms with Gasteiger partial charge in [0.25, 0.3) is 0 Å². The van der Waals surface area contributed by atoms with Crippen LogP contribution in [0.1, 0.15) is 0 Å². The van der Waals surface area contributed by atoms with E-state index in [9.17, 15) is 9.36 Å². The molecule has 0 aliphatic rings. The molecule has 0 aromatic heterocycles. The second-order valence-corrected chi connectivity index (χ2v) is 3.82. The fraction of sp³-hybridized carbons (Fsp3) is 0.800. The van der Waals surface area contributed by atoms with Crippen LogP contribution in [0.15, 0.2) is 0 Å². The van der Waals surface area contributed by atoms with Crippen LogP contribution in [0, 0.1) is 0 Å². The van der Waals surface area contributed by atoms with Crippen LogP contribution in [0.25, 0.3) is 0 Å². The van der Waals surface area contributed by atoms with Crippen LogP contribution >= 0.6 is 7.75 Å². The van der Waals surface area contributed by atoms with E-state index in [1.807, 2.05) is 0 Å². The molecule has 0 aliphatic carbocycles. The zero-order chi connectivity index (χ0) is 9.61. The molecule has 0 saturated carbocycles. The number of nitrogens with one attached hydrogen (secondary N) is 1. The van der Waals surface area contributed by atoms with Gasteiger partial charge in [0.05, 0.1) is 7.11 Å². The predicted molar refractivity (Wildman–Crippen MR) is 41.6 cm³/mol. The summed E-state index contributed by atoms with van der Waals surface area (Å²) in [6.07, 6.45) is 0. The Balaban J connectivity index is 3.89. The lowest BCUT2D eigenvalue weighted by atomic mass is 10.7. The molecule has 0 fully saturated rings. The summed E-state index contributed by atoms with van der Waals surface area (Å²) < 4.78 is 24.5. The number of carbonyl (C=O) groups excluding carboxylic acids is 1. The first kappa shape index (κ1) is 11.6. The van der Waals surface area contributed by atoms with Crippen LogP contribution in [0.3, 0.4) is 0 Å². The maximum atomic E-state index is 11.2. The highest BCUT2D eigenvalue weighted by Gasteiger charge is 2.21. The molecule has 1 N–H and O–H groups in total. The largest absolute Gasteiger partial charge is 0.468 e. The van der Waals surface area contributed by atoms with Crippen molar-refractivity contribution < 1.29 is 23.1 Å². The molecule has 0 aliphatic heterocycles. The summed E-state index contributed by atoms with van der Waals surface area (Å²) in [5.41, 5.74) is 0. The van der Waals surface area contributed by atoms with E-state index in [2.05, 4.69) is 18.9 Å². The lowest BCUT2D eigenvalue weighted by molar-refractivity contribution is -0.139. The standard InChI is InChI=1S/C5H12NO5P/c1-9-5(7)4-6-12(8,10-2)11-3/h4H2,1-3H3,(H,6,8). The molecule has 0 heterocycles. The van der Waals surface area contributed by atoms with E-state index in [-0.39, 0.29) is 6.54 Å². The Hall–Kier alpha value is -0.420. The molecule has 0 bridgehead atoms. The minimum atomic E-state index is -3.30. The van der Waals surface area contributed by atoms with Crippen molar-refractivity contribution in [3.05, 3.63) is 0 Å². The minimum Gasteiger partial charge on any atom is -0.468 e. The van der Waals surface area contributed by atoms with E-state index in [1.165, 1.54) is 21.3 Å². The molecule has 7 heteroatoms. The molecule has 0 saturated heterocycles. The van der Waals surface area contributed by atoms with Crippen molar-refractivity contribution >= 4 is 13.7 Å². The van der Waals surface area contributed by atoms with Gasteiger partial charge in [-0.15, -0.1) is 0 Å². The van der Waals surface area contributed by atoms with Gasteiger partial charge in [-0.1, -0.05) is 0 Å². The number of hydrogen-bond acceptors (Lipinski definition) is 5. The summed E-state index contributed by atoms with van der Waals surface area (Å²) >= 11 is 0. The molecule has 0 rings (SSSR count). The summed E-state index contributed by atoms with van der Waals surface area (Å²) in [5, 5.41) is 2.28. The quantitative estimate of drug-likeness (QED) is 0.499. The second-order valence-electron chi connectivity index (χ2n) is 1.77. The number of esters is 1. The highest BCUT2D eigenvalue weighted by atomic mass is 31.2. The molecular formula is C5H12NO5P. The summed E-state index contributed by atoms with van der Waals surface area (Å²) in [5.74, 6) is -0.538. The average molecular weight is 197 g/mol. The fourth-order valence-electron chi connectivity index (χ4n) is 0.437. The van der Waals surface area contributed by atoms with E-state index in [0.29, 0.717) is 0 Å². The topological polar surface area (TPSA) is 73.9 Å². The number of carbonyl (C=O) groups is 1. The van der Waals surface area contributed by atoms with E-state index in [0.717, 1.165) is 0 Å². The molecule has 6 nitrogen and oxygen atoms in total. The van der Waals surface area contributed by atoms with Gasteiger partial charge < -0.3 is 13.8 Å². The highest BCUT2D eigenvalue weighted by Crippen LogP contribution is 2.40. The predicted octanol–water partition coefficient (Wildman–Crippen LogP) is 0.150. The molecule has 0 aromatic rings. The summed E-state index contributed by atoms with van der Waals surface area (Å²) in [7, 11) is 0.365. The summed E-state index contributed by atoms with van der Waals surface area (Å²) in [4.78, 5) is 10.6. The highest BCUT2D eigenvalue weighted by molar-refractivity contribution is 7.51. The minimum absolute atomic E-state index is 0.213. The first-order chi connectivity index (χ1) is 5.58. The Bertz CT molecular complexity index is 186. The number of ether oxygens (including phenoxy) is 1. The van der Waals surface area contributed by atoms with Gasteiger partial charge >= 0.3 is 13.7 Å². The monoisotopic (exact) mass is 197 g/mol. The van der Waals surface area contributed by atoms with E-state index in [4.69, 9.17) is 0 Å². The van der Waals surface area contributed by atoms with Crippen molar-refractivity contribution in [2.75, 3.05) is 27.9 Å². The maximum Gasteiger partial charge on any atom is 0.405 e. The van der Waals surface area contributed by atoms with Gasteiger partial charge in [0.2, 0.25) is 0 Å². The molecule has 12 heavy (non-hydrogen) atoms. The van der Waals surface area contributed by atoms with Crippen LogP contribution in [0.2, 0.25) is 0 Å². The van der Waals surface area contributed by atoms with Crippen molar-refractivity contribution in [3.63, 3.8) is 0 Å². The third-order valence-corrected chi connectivity index (χ3v) is 2.63. The van der Waals surface area contributed by atoms with Crippen molar-refractivity contribution in [2.24, 2.45) is 0 Å². The zero-order valence-corrected chi connectivity index (χ0v) is 8.09. The zero-order valence-electron chi connectivity index (χ0n) is 7.20. The molecular weight excluding hydrogens is 185 g/mol. The third kappa shape index (κ3) is 3.82. The van der Waals surface area contributed by atoms with Gasteiger partial charge in [0, 0.05) is 14.2 Å². The molecule has 0 aromatic carbocycles. The summed E-state index contributed by atoms with van der Waals surface area (Å²) in [6.45, 7) is -0.213. The first-order valence-corrected chi connectivity index (χ1v) is 4.65. The molecule has 0 unspecified atom stereocenters. The molecule has 0 spiro atoms. The third-order valence-electron chi connectivity index (χ3n) is 1.13.